The number of rotatable bonds is 6. The maximum atomic E-state index is 12.9. The van der Waals surface area contributed by atoms with E-state index in [2.05, 4.69) is 0 Å². The highest BCUT2D eigenvalue weighted by molar-refractivity contribution is 7.78. The van der Waals surface area contributed by atoms with Crippen molar-refractivity contribution in [3.63, 3.8) is 0 Å². The van der Waals surface area contributed by atoms with Gasteiger partial charge in [-0.05, 0) is 30.0 Å². The third-order valence-corrected chi connectivity index (χ3v) is 3.43. The minimum Gasteiger partial charge on any atom is -0.306 e. The predicted molar refractivity (Wildman–Crippen MR) is 69.1 cm³/mol. The van der Waals surface area contributed by atoms with Gasteiger partial charge < -0.3 is 4.55 Å². The minimum atomic E-state index is -4.49. The number of benzene rings is 1. The van der Waals surface area contributed by atoms with E-state index in [-0.39, 0.29) is 5.56 Å². The van der Waals surface area contributed by atoms with Gasteiger partial charge in [0.1, 0.15) is 0 Å². The van der Waals surface area contributed by atoms with Crippen LogP contribution in [0.3, 0.4) is 0 Å². The molecule has 1 aromatic rings. The Bertz CT molecular complexity index is 444. The molecule has 0 radical (unpaired) electrons. The first-order chi connectivity index (χ1) is 8.86. The predicted octanol–water partition coefficient (Wildman–Crippen LogP) is 4.16. The maximum Gasteiger partial charge on any atom is 0.416 e. The molecule has 1 unspecified atom stereocenters. The summed E-state index contributed by atoms with van der Waals surface area (Å²) in [7, 11) is 0. The third kappa shape index (κ3) is 4.95. The lowest BCUT2D eigenvalue weighted by Gasteiger charge is -2.16. The van der Waals surface area contributed by atoms with E-state index < -0.39 is 28.6 Å². The van der Waals surface area contributed by atoms with Crippen molar-refractivity contribution >= 4 is 11.1 Å². The van der Waals surface area contributed by atoms with Gasteiger partial charge in [0.05, 0.1) is 11.3 Å². The van der Waals surface area contributed by atoms with Gasteiger partial charge in [-0.15, -0.1) is 0 Å². The van der Waals surface area contributed by atoms with E-state index in [1.165, 1.54) is 6.07 Å². The molecule has 0 bridgehead atoms. The van der Waals surface area contributed by atoms with Crippen LogP contribution < -0.4 is 0 Å². The van der Waals surface area contributed by atoms with Crippen LogP contribution >= 0.6 is 0 Å². The monoisotopic (exact) mass is 294 g/mol. The van der Waals surface area contributed by atoms with Crippen molar-refractivity contribution in [3.05, 3.63) is 34.9 Å². The summed E-state index contributed by atoms with van der Waals surface area (Å²) < 4.78 is 58.4. The van der Waals surface area contributed by atoms with Crippen molar-refractivity contribution in [1.29, 1.82) is 0 Å². The fourth-order valence-electron chi connectivity index (χ4n) is 1.99. The van der Waals surface area contributed by atoms with E-state index in [0.29, 0.717) is 12.0 Å². The molecule has 0 spiro atoms. The molecule has 19 heavy (non-hydrogen) atoms. The van der Waals surface area contributed by atoms with Gasteiger partial charge in [0.25, 0.3) is 0 Å². The average molecular weight is 294 g/mol. The molecule has 0 amide bonds. The van der Waals surface area contributed by atoms with E-state index >= 15 is 0 Å². The third-order valence-electron chi connectivity index (χ3n) is 2.90. The smallest absolute Gasteiger partial charge is 0.306 e. The second-order valence-corrected chi connectivity index (χ2v) is 5.30. The Morgan fingerprint density at radius 1 is 1.26 bits per heavy atom. The van der Waals surface area contributed by atoms with Gasteiger partial charge in [-0.3, -0.25) is 0 Å². The summed E-state index contributed by atoms with van der Waals surface area (Å²) in [6, 6.07) is 3.92. The van der Waals surface area contributed by atoms with Crippen LogP contribution in [0.5, 0.6) is 0 Å². The van der Waals surface area contributed by atoms with E-state index in [1.54, 1.807) is 6.07 Å². The van der Waals surface area contributed by atoms with Crippen molar-refractivity contribution in [2.75, 3.05) is 0 Å². The van der Waals surface area contributed by atoms with Gasteiger partial charge in [-0.1, -0.05) is 31.9 Å². The molecule has 0 saturated carbocycles. The summed E-state index contributed by atoms with van der Waals surface area (Å²) >= 11 is -2.28. The van der Waals surface area contributed by atoms with Gasteiger partial charge in [0, 0.05) is 0 Å². The number of alkyl halides is 3. The average Bonchev–Trinajstić information content (AvgIpc) is 2.29. The lowest BCUT2D eigenvalue weighted by atomic mass is 9.97. The first kappa shape index (κ1) is 16.2. The summed E-state index contributed by atoms with van der Waals surface area (Å²) in [5.74, 6) is -0.475. The molecule has 108 valence electrons. The zero-order chi connectivity index (χ0) is 14.5. The highest BCUT2D eigenvalue weighted by atomic mass is 32.2. The summed E-state index contributed by atoms with van der Waals surface area (Å²) in [6.07, 6.45) is -1.30. The first-order valence-corrected chi connectivity index (χ1v) is 7.39. The zero-order valence-corrected chi connectivity index (χ0v) is 11.5. The van der Waals surface area contributed by atoms with E-state index in [9.17, 15) is 17.4 Å². The van der Waals surface area contributed by atoms with Crippen molar-refractivity contribution in [3.8, 4) is 0 Å². The molecule has 1 aromatic carbocycles. The number of unbranched alkanes of at least 4 members (excludes halogenated alkanes) is 2. The fraction of sp³-hybridized carbons (Fsp3) is 0.538. The van der Waals surface area contributed by atoms with Crippen molar-refractivity contribution < 1.29 is 21.9 Å². The Balaban J connectivity index is 3.11. The Labute approximate surface area is 113 Å². The molecular weight excluding hydrogens is 277 g/mol. The Morgan fingerprint density at radius 2 is 1.95 bits per heavy atom. The zero-order valence-electron chi connectivity index (χ0n) is 10.7. The van der Waals surface area contributed by atoms with Gasteiger partial charge in [-0.2, -0.15) is 13.2 Å². The number of halogens is 3. The molecule has 2 nitrogen and oxygen atoms in total. The Morgan fingerprint density at radius 3 is 2.47 bits per heavy atom. The maximum absolute atomic E-state index is 12.9. The van der Waals surface area contributed by atoms with Crippen LogP contribution in [0.25, 0.3) is 0 Å². The van der Waals surface area contributed by atoms with Gasteiger partial charge in [0.15, 0.2) is 11.1 Å². The molecule has 0 aliphatic heterocycles. The first-order valence-electron chi connectivity index (χ1n) is 6.11. The van der Waals surface area contributed by atoms with Crippen molar-refractivity contribution in [1.82, 2.24) is 0 Å². The van der Waals surface area contributed by atoms with Crippen molar-refractivity contribution in [2.24, 2.45) is 0 Å². The molecule has 0 aliphatic rings. The quantitative estimate of drug-likeness (QED) is 0.632. The van der Waals surface area contributed by atoms with Crippen molar-refractivity contribution in [2.45, 2.75) is 44.5 Å². The number of aryl methyl sites for hydroxylation is 1. The van der Waals surface area contributed by atoms with E-state index in [4.69, 9.17) is 4.55 Å². The van der Waals surface area contributed by atoms with Crippen LogP contribution in [-0.4, -0.2) is 8.76 Å². The largest absolute Gasteiger partial charge is 0.416 e. The molecule has 0 aliphatic carbocycles. The lowest BCUT2D eigenvalue weighted by Crippen LogP contribution is -2.13. The molecule has 0 fully saturated rings. The van der Waals surface area contributed by atoms with E-state index in [0.717, 1.165) is 25.3 Å². The summed E-state index contributed by atoms with van der Waals surface area (Å²) in [5, 5.41) is 0. The molecular formula is C13H17F3O2S. The number of hydrogen-bond donors (Lipinski definition) is 1. The molecule has 1 rings (SSSR count). The highest BCUT2D eigenvalue weighted by Gasteiger charge is 2.34. The molecule has 6 heteroatoms. The SMILES string of the molecule is CCCCCc1cccc(C(F)(F)F)c1CS(=O)O. The van der Waals surface area contributed by atoms with Crippen LogP contribution in [-0.2, 0) is 29.4 Å². The topological polar surface area (TPSA) is 37.3 Å². The van der Waals surface area contributed by atoms with Crippen LogP contribution in [0.1, 0.15) is 42.9 Å². The minimum absolute atomic E-state index is 0.0491. The highest BCUT2D eigenvalue weighted by Crippen LogP contribution is 2.34. The van der Waals surface area contributed by atoms with Crippen LogP contribution in [0.15, 0.2) is 18.2 Å². The molecule has 0 saturated heterocycles. The normalized spacial score (nSPS) is 13.5. The standard InChI is InChI=1S/C13H17F3O2S/c1-2-3-4-6-10-7-5-8-12(13(14,15)16)11(10)9-19(17)18/h5,7-8H,2-4,6,9H2,1H3,(H,17,18). The summed E-state index contributed by atoms with van der Waals surface area (Å²) in [6.45, 7) is 2.01. The van der Waals surface area contributed by atoms with Gasteiger partial charge in [0.2, 0.25) is 0 Å². The molecule has 1 atom stereocenters. The second kappa shape index (κ2) is 7.05. The lowest BCUT2D eigenvalue weighted by molar-refractivity contribution is -0.138. The van der Waals surface area contributed by atoms with Crippen LogP contribution in [0.4, 0.5) is 13.2 Å². The van der Waals surface area contributed by atoms with Gasteiger partial charge >= 0.3 is 6.18 Å². The molecule has 1 N–H and O–H groups in total. The second-order valence-electron chi connectivity index (χ2n) is 4.36. The summed E-state index contributed by atoms with van der Waals surface area (Å²) in [5.41, 5.74) is -0.332. The van der Waals surface area contributed by atoms with Crippen LogP contribution in [0.2, 0.25) is 0 Å². The molecule has 0 aromatic heterocycles. The Kier molecular flexibility index (Phi) is 6.00. The Hall–Kier alpha value is -0.880. The molecule has 0 heterocycles. The van der Waals surface area contributed by atoms with Gasteiger partial charge in [-0.25, -0.2) is 4.21 Å². The van der Waals surface area contributed by atoms with Crippen LogP contribution in [0, 0.1) is 0 Å². The summed E-state index contributed by atoms with van der Waals surface area (Å²) in [4.78, 5) is 0. The number of hydrogen-bond acceptors (Lipinski definition) is 1. The fourth-order valence-corrected chi connectivity index (χ4v) is 2.58. The van der Waals surface area contributed by atoms with E-state index in [1.807, 2.05) is 6.92 Å².